The molecule has 0 spiro atoms. The molecule has 10 aromatic carbocycles. The second-order valence-corrected chi connectivity index (χ2v) is 30.8. The molecule has 16 rings (SSSR count). The number of phenols is 2. The Balaban J connectivity index is 0.000000191. The molecule has 0 atom stereocenters. The van der Waals surface area contributed by atoms with E-state index in [1.807, 2.05) is 275 Å². The second kappa shape index (κ2) is 41.5. The summed E-state index contributed by atoms with van der Waals surface area (Å²) in [5.74, 6) is 2.52. The van der Waals surface area contributed by atoms with E-state index in [2.05, 4.69) is 52.7 Å². The van der Waals surface area contributed by atoms with Gasteiger partial charge in [-0.1, -0.05) is 206 Å². The number of nitrogens with zero attached hydrogens (tertiary/aromatic N) is 11. The minimum absolute atomic E-state index is 0. The van der Waals surface area contributed by atoms with Gasteiger partial charge in [-0.3, -0.25) is 14.4 Å². The van der Waals surface area contributed by atoms with Crippen molar-refractivity contribution in [3.8, 4) is 85.7 Å². The van der Waals surface area contributed by atoms with Crippen molar-refractivity contribution < 1.29 is 43.5 Å². The minimum atomic E-state index is -0.615. The molecule has 3 N–H and O–H groups in total. The Bertz CT molecular complexity index is 6620. The third-order valence-electron chi connectivity index (χ3n) is 20.9. The molecule has 648 valence electrons. The Morgan fingerprint density at radius 2 is 0.704 bits per heavy atom. The number of rotatable bonds is 24. The van der Waals surface area contributed by atoms with Crippen molar-refractivity contribution in [2.45, 2.75) is 148 Å². The number of benzene rings is 10. The predicted octanol–water partition coefficient (Wildman–Crippen LogP) is 21.4. The first kappa shape index (κ1) is 93.0. The molecule has 0 fully saturated rings. The number of carbonyl (C=O) groups is 3. The summed E-state index contributed by atoms with van der Waals surface area (Å²) in [6.07, 6.45) is 6.57. The van der Waals surface area contributed by atoms with Crippen molar-refractivity contribution >= 4 is 61.4 Å². The fourth-order valence-corrected chi connectivity index (χ4v) is 14.2. The first-order valence-corrected chi connectivity index (χ1v) is 40.8. The molecule has 24 nitrogen and oxygen atoms in total. The lowest BCUT2D eigenvalue weighted by Crippen LogP contribution is -2.28. The number of ether oxygens (including phenoxy) is 4. The number of hydrogen-bond acceptors (Lipinski definition) is 15. The highest BCUT2D eigenvalue weighted by molar-refractivity contribution is 6.63. The summed E-state index contributed by atoms with van der Waals surface area (Å²) in [6.45, 7) is 18.8. The van der Waals surface area contributed by atoms with E-state index in [9.17, 15) is 39.0 Å². The van der Waals surface area contributed by atoms with Crippen molar-refractivity contribution in [3.63, 3.8) is 0 Å². The van der Waals surface area contributed by atoms with Gasteiger partial charge in [0.15, 0.2) is 17.5 Å². The first-order chi connectivity index (χ1) is 58.8. The zero-order chi connectivity index (χ0) is 86.6. The van der Waals surface area contributed by atoms with Crippen LogP contribution in [-0.2, 0) is 52.4 Å². The monoisotopic (exact) mass is 1700 g/mol. The van der Waals surface area contributed by atoms with E-state index in [0.717, 1.165) is 86.9 Å². The van der Waals surface area contributed by atoms with Gasteiger partial charge in [0.2, 0.25) is 5.24 Å². The number of phenolic OH excluding ortho intramolecular Hbond substituents is 2. The fraction of sp³-hybridized carbons (Fsp3) is 0.250. The third-order valence-corrected chi connectivity index (χ3v) is 21.1. The number of fused-ring (bicyclic) bond motifs is 3. The minimum Gasteiger partial charge on any atom is -0.508 e. The standard InChI is InChI=1S/C37H36N4O4.C34H32N4O3.C23H24N4O4.C3H5ClO.3CH4/c1-5-35(42)41-37(43)40(29-16-17-32-28(20-29)18-19-39(32)4)36(38-41)31-21-30(25(2)3)33(44-23-26-12-8-6-9-13-26)22-34(31)45-24-27-14-10-7-11-15-27;1-23(2)28-19-29(33-35-36-34(39)38(33)27-14-15-30-26(18-27)16-17-37(30)3)32(41-22-25-12-8-5-9-13-25)20-31(28)40-21-24-10-6-4-7-11-24;1-5-21(30)27-23(31)26(15-6-7-18-14(10-15)8-9-25(18)4)22(24-27)17-11-16(13(2)3)19(28)12-20(17)29;1-2-3(4)5;;;/h6-22,25H,5,23-24H2,1-4H3;4-20,23H,21-22H2,1-3H3,(H,36,39);6-13,28-29H,5H2,1-4H3;2H2,1H3;3*1H4. The summed E-state index contributed by atoms with van der Waals surface area (Å²) in [5.41, 5.74) is 11.7. The van der Waals surface area contributed by atoms with Crippen LogP contribution in [0.15, 0.2) is 263 Å². The first-order valence-electron chi connectivity index (χ1n) is 40.4. The predicted molar refractivity (Wildman–Crippen MR) is 497 cm³/mol. The maximum absolute atomic E-state index is 13.9. The van der Waals surface area contributed by atoms with Crippen molar-refractivity contribution in [2.75, 3.05) is 0 Å². The van der Waals surface area contributed by atoms with Gasteiger partial charge >= 0.3 is 17.1 Å². The quantitative estimate of drug-likeness (QED) is 0.0474. The molecule has 0 aliphatic rings. The van der Waals surface area contributed by atoms with Gasteiger partial charge in [-0.15, -0.1) is 19.6 Å². The van der Waals surface area contributed by atoms with Crippen LogP contribution in [0.5, 0.6) is 34.5 Å². The van der Waals surface area contributed by atoms with E-state index >= 15 is 0 Å². The number of nitrogens with one attached hydrogen (secondary N) is 1. The van der Waals surface area contributed by atoms with E-state index in [0.29, 0.717) is 89.8 Å². The summed E-state index contributed by atoms with van der Waals surface area (Å²) in [5, 5.41) is 39.5. The Morgan fingerprint density at radius 1 is 0.384 bits per heavy atom. The molecule has 0 unspecified atom stereocenters. The lowest BCUT2D eigenvalue weighted by atomic mass is 9.98. The van der Waals surface area contributed by atoms with Crippen LogP contribution < -0.4 is 36.0 Å². The van der Waals surface area contributed by atoms with Gasteiger partial charge in [0, 0.05) is 110 Å². The lowest BCUT2D eigenvalue weighted by Gasteiger charge is -2.20. The number of halogens is 1. The average Bonchev–Trinajstić information content (AvgIpc) is 1.63. The topological polar surface area (TPSA) is 274 Å². The maximum Gasteiger partial charge on any atom is 0.358 e. The zero-order valence-electron chi connectivity index (χ0n) is 70.1. The van der Waals surface area contributed by atoms with Gasteiger partial charge in [-0.05, 0) is 159 Å². The highest BCUT2D eigenvalue weighted by Gasteiger charge is 2.29. The SMILES string of the molecule is C.C.C.CC(C)c1cc(-c2n[nH]c(=O)n2-c2ccc3c(ccn3C)c2)c(OCc2ccccc2)cc1OCc1ccccc1.CCC(=O)Cl.CCC(=O)n1nc(-c2cc(C(C)C)c(O)cc2O)n(-c2ccc3c(ccn3C)c2)c1=O.CCC(=O)n1nc(-c2cc(C(C)C)c(OCc3ccccc3)cc2OCc2ccccc2)n(-c2ccc3c(ccn3C)c2)c1=O. The Hall–Kier alpha value is -14.3. The number of aromatic hydroxyl groups is 2. The molecular weight excluding hydrogens is 1600 g/mol. The summed E-state index contributed by atoms with van der Waals surface area (Å²) >= 11 is 4.82. The van der Waals surface area contributed by atoms with Gasteiger partial charge in [-0.25, -0.2) is 33.2 Å². The maximum atomic E-state index is 13.9. The molecule has 0 aliphatic carbocycles. The van der Waals surface area contributed by atoms with Crippen LogP contribution in [0.2, 0.25) is 0 Å². The molecule has 6 heterocycles. The van der Waals surface area contributed by atoms with Crippen molar-refractivity contribution in [1.29, 1.82) is 0 Å². The number of aryl methyl sites for hydroxylation is 3. The molecule has 6 aromatic heterocycles. The van der Waals surface area contributed by atoms with Crippen LogP contribution >= 0.6 is 11.6 Å². The molecular formula is C100H109ClN12O12. The normalized spacial score (nSPS) is 10.9. The third kappa shape index (κ3) is 20.9. The van der Waals surface area contributed by atoms with E-state index < -0.39 is 17.3 Å². The molecule has 0 bridgehead atoms. The Labute approximate surface area is 732 Å². The van der Waals surface area contributed by atoms with Gasteiger partial charge < -0.3 is 42.9 Å². The number of aromatic amines is 1. The highest BCUT2D eigenvalue weighted by atomic mass is 35.5. The molecule has 0 saturated heterocycles. The lowest BCUT2D eigenvalue weighted by molar-refractivity contribution is -0.111. The van der Waals surface area contributed by atoms with Crippen molar-refractivity contribution in [1.82, 2.24) is 57.2 Å². The number of aromatic nitrogens is 12. The summed E-state index contributed by atoms with van der Waals surface area (Å²) in [4.78, 5) is 75.2. The molecule has 16 aromatic rings. The van der Waals surface area contributed by atoms with Crippen LogP contribution in [0.3, 0.4) is 0 Å². The highest BCUT2D eigenvalue weighted by Crippen LogP contribution is 2.43. The molecule has 0 radical (unpaired) electrons. The summed E-state index contributed by atoms with van der Waals surface area (Å²) in [6, 6.07) is 73.8. The van der Waals surface area contributed by atoms with Crippen LogP contribution in [-0.4, -0.2) is 84.4 Å². The van der Waals surface area contributed by atoms with Crippen LogP contribution in [0.4, 0.5) is 0 Å². The molecule has 0 amide bonds. The fourth-order valence-electron chi connectivity index (χ4n) is 14.2. The molecule has 0 saturated carbocycles. The average molecular weight is 1710 g/mol. The largest absolute Gasteiger partial charge is 0.508 e. The van der Waals surface area contributed by atoms with Gasteiger partial charge in [0.05, 0.1) is 33.8 Å². The summed E-state index contributed by atoms with van der Waals surface area (Å²) < 4.78 is 37.9. The van der Waals surface area contributed by atoms with E-state index in [4.69, 9.17) is 30.5 Å². The number of carbonyl (C=O) groups excluding carboxylic acids is 3. The second-order valence-electron chi connectivity index (χ2n) is 30.4. The van der Waals surface area contributed by atoms with Crippen molar-refractivity contribution in [3.05, 3.63) is 320 Å². The Morgan fingerprint density at radius 3 is 1.04 bits per heavy atom. The Kier molecular flexibility index (Phi) is 30.9. The molecule has 0 aliphatic heterocycles. The van der Waals surface area contributed by atoms with E-state index in [1.165, 1.54) is 15.2 Å². The molecule has 25 heteroatoms. The molecule has 125 heavy (non-hydrogen) atoms. The van der Waals surface area contributed by atoms with E-state index in [-0.39, 0.29) is 92.6 Å². The van der Waals surface area contributed by atoms with Crippen LogP contribution in [0.25, 0.3) is 83.9 Å². The van der Waals surface area contributed by atoms with Crippen LogP contribution in [0.1, 0.15) is 170 Å². The van der Waals surface area contributed by atoms with Crippen molar-refractivity contribution in [2.24, 2.45) is 21.1 Å². The smallest absolute Gasteiger partial charge is 0.358 e. The zero-order valence-corrected chi connectivity index (χ0v) is 70.9. The van der Waals surface area contributed by atoms with Gasteiger partial charge in [0.1, 0.15) is 60.9 Å². The number of H-pyrrole nitrogens is 1. The summed E-state index contributed by atoms with van der Waals surface area (Å²) in [7, 11) is 5.91. The number of hydrogen-bond donors (Lipinski definition) is 3. The van der Waals surface area contributed by atoms with Gasteiger partial charge in [0.25, 0.3) is 11.8 Å². The van der Waals surface area contributed by atoms with Gasteiger partial charge in [-0.2, -0.15) is 5.10 Å². The van der Waals surface area contributed by atoms with E-state index in [1.54, 1.807) is 37.5 Å². The van der Waals surface area contributed by atoms with Crippen LogP contribution in [0, 0.1) is 0 Å².